The number of hydrogen-bond donors (Lipinski definition) is 4. The molecule has 7 fully saturated rings. The molecule has 33 heavy (non-hydrogen) atoms. The predicted octanol–water partition coefficient (Wildman–Crippen LogP) is 2.85. The van der Waals surface area contributed by atoms with Crippen LogP contribution >= 0.6 is 0 Å². The topological polar surface area (TPSA) is 133 Å². The summed E-state index contributed by atoms with van der Waals surface area (Å²) in [5.74, 6) is 1.37. The van der Waals surface area contributed by atoms with Crippen LogP contribution in [0.1, 0.15) is 59.2 Å². The Bertz CT molecular complexity index is 1030. The number of nitrogens with one attached hydrogen (secondary N) is 2. The summed E-state index contributed by atoms with van der Waals surface area (Å²) in [6.07, 6.45) is 7.14. The molecule has 0 radical (unpaired) electrons. The van der Waals surface area contributed by atoms with E-state index in [1.165, 1.54) is 31.4 Å². The molecule has 4 unspecified atom stereocenters. The van der Waals surface area contributed by atoms with E-state index in [2.05, 4.69) is 10.6 Å². The van der Waals surface area contributed by atoms with E-state index in [-0.39, 0.29) is 34.7 Å². The van der Waals surface area contributed by atoms with E-state index >= 15 is 0 Å². The molecule has 0 saturated heterocycles. The lowest BCUT2D eigenvalue weighted by molar-refractivity contribution is -0.248. The summed E-state index contributed by atoms with van der Waals surface area (Å²) in [4.78, 5) is 48.8. The van der Waals surface area contributed by atoms with E-state index in [1.54, 1.807) is 0 Å². The molecule has 7 aliphatic rings. The first-order valence-corrected chi connectivity index (χ1v) is 12.0. The van der Waals surface area contributed by atoms with Gasteiger partial charge in [-0.2, -0.15) is 0 Å². The fourth-order valence-electron chi connectivity index (χ4n) is 8.86. The van der Waals surface area contributed by atoms with Crippen molar-refractivity contribution in [2.45, 2.75) is 38.5 Å². The summed E-state index contributed by atoms with van der Waals surface area (Å²) < 4.78 is 0. The summed E-state index contributed by atoms with van der Waals surface area (Å²) in [7, 11) is 0. The first-order chi connectivity index (χ1) is 15.8. The smallest absolute Gasteiger partial charge is 0.335 e. The zero-order valence-electron chi connectivity index (χ0n) is 18.3. The molecular formula is C25H28N2O6. The van der Waals surface area contributed by atoms with Crippen molar-refractivity contribution < 1.29 is 29.4 Å². The number of carboxylic acid groups (broad SMARTS) is 2. The lowest BCUT2D eigenvalue weighted by Gasteiger charge is -2.73. The van der Waals surface area contributed by atoms with E-state index in [4.69, 9.17) is 0 Å². The second-order valence-corrected chi connectivity index (χ2v) is 11.0. The molecule has 174 valence electrons. The van der Waals surface area contributed by atoms with Crippen LogP contribution in [0.3, 0.4) is 0 Å². The quantitative estimate of drug-likeness (QED) is 0.525. The molecule has 8 bridgehead atoms. The van der Waals surface area contributed by atoms with Crippen LogP contribution < -0.4 is 10.6 Å². The highest BCUT2D eigenvalue weighted by atomic mass is 16.4. The van der Waals surface area contributed by atoms with E-state index < -0.39 is 17.8 Å². The molecule has 8 heteroatoms. The molecule has 7 aliphatic carbocycles. The Balaban J connectivity index is 1.17. The van der Waals surface area contributed by atoms with Crippen LogP contribution in [0.5, 0.6) is 0 Å². The second-order valence-electron chi connectivity index (χ2n) is 11.0. The van der Waals surface area contributed by atoms with E-state index in [9.17, 15) is 29.4 Å². The van der Waals surface area contributed by atoms with Gasteiger partial charge < -0.3 is 20.8 Å². The first-order valence-electron chi connectivity index (χ1n) is 12.0. The molecule has 0 aliphatic heterocycles. The Hall–Kier alpha value is -2.90. The third-order valence-electron chi connectivity index (χ3n) is 9.62. The van der Waals surface area contributed by atoms with Gasteiger partial charge >= 0.3 is 11.9 Å². The number of benzene rings is 1. The van der Waals surface area contributed by atoms with Crippen molar-refractivity contribution in [3.8, 4) is 0 Å². The van der Waals surface area contributed by atoms with E-state index in [1.807, 2.05) is 0 Å². The SMILES string of the molecule is O=C(CNC(=O)C12CC3C[C@@H]4C5CC(C[C@H]41)C[C@H]2[C@H]5C3)Nc1cc(C(=O)O)cc(C(=O)O)c1. The summed E-state index contributed by atoms with van der Waals surface area (Å²) >= 11 is 0. The van der Waals surface area contributed by atoms with Crippen molar-refractivity contribution in [3.05, 3.63) is 29.3 Å². The van der Waals surface area contributed by atoms with Gasteiger partial charge in [0.2, 0.25) is 11.8 Å². The van der Waals surface area contributed by atoms with Crippen LogP contribution in [-0.4, -0.2) is 40.5 Å². The monoisotopic (exact) mass is 452 g/mol. The van der Waals surface area contributed by atoms with Gasteiger partial charge in [-0.15, -0.1) is 0 Å². The molecule has 4 N–H and O–H groups in total. The van der Waals surface area contributed by atoms with Crippen LogP contribution in [0.4, 0.5) is 5.69 Å². The second kappa shape index (κ2) is 7.05. The van der Waals surface area contributed by atoms with Crippen molar-refractivity contribution in [3.63, 3.8) is 0 Å². The van der Waals surface area contributed by atoms with Gasteiger partial charge in [0.15, 0.2) is 0 Å². The van der Waals surface area contributed by atoms with Crippen LogP contribution in [0.25, 0.3) is 0 Å². The van der Waals surface area contributed by atoms with Crippen LogP contribution in [0.15, 0.2) is 18.2 Å². The number of rotatable bonds is 6. The molecule has 0 spiro atoms. The zero-order valence-corrected chi connectivity index (χ0v) is 18.3. The predicted molar refractivity (Wildman–Crippen MR) is 117 cm³/mol. The first kappa shape index (κ1) is 20.7. The summed E-state index contributed by atoms with van der Waals surface area (Å²) in [5, 5.41) is 23.9. The van der Waals surface area contributed by atoms with Crippen LogP contribution in [-0.2, 0) is 9.59 Å². The number of hydrogen-bond acceptors (Lipinski definition) is 4. The molecule has 1 aromatic rings. The number of carbonyl (C=O) groups is 4. The zero-order chi connectivity index (χ0) is 23.1. The highest BCUT2D eigenvalue weighted by Crippen LogP contribution is 2.75. The summed E-state index contributed by atoms with van der Waals surface area (Å²) in [6.45, 7) is -0.216. The third kappa shape index (κ3) is 2.95. The number of carboxylic acids is 2. The average Bonchev–Trinajstić information content (AvgIpc) is 2.79. The standard InChI is InChI=1S/C25H28N2O6/c28-21(27-15-7-13(22(29)30)6-14(8-15)23(31)32)10-26-24(33)25-9-12-2-17-16-1-11(4-19(17)25)5-20(25)18(16)3-12/h6-8,11-12,16-20H,1-5,9-10H2,(H,26,33)(H,27,28)(H,29,30)(H,31,32)/t11?,12?,16?,17-,18+,19-,20+,25?. The Morgan fingerprint density at radius 1 is 0.818 bits per heavy atom. The average molecular weight is 453 g/mol. The lowest BCUT2D eigenvalue weighted by Crippen LogP contribution is -2.71. The maximum absolute atomic E-state index is 13.6. The molecule has 7 saturated carbocycles. The van der Waals surface area contributed by atoms with Gasteiger partial charge in [0, 0.05) is 5.69 Å². The van der Waals surface area contributed by atoms with Gasteiger partial charge in [-0.05, 0) is 98.1 Å². The van der Waals surface area contributed by atoms with Crippen molar-refractivity contribution in [2.24, 2.45) is 46.8 Å². The number of amides is 2. The lowest BCUT2D eigenvalue weighted by atomic mass is 9.30. The van der Waals surface area contributed by atoms with E-state index in [0.29, 0.717) is 29.6 Å². The summed E-state index contributed by atoms with van der Waals surface area (Å²) in [6, 6.07) is 3.47. The fourth-order valence-corrected chi connectivity index (χ4v) is 8.86. The molecule has 8 atom stereocenters. The Morgan fingerprint density at radius 3 is 1.97 bits per heavy atom. The minimum Gasteiger partial charge on any atom is -0.478 e. The van der Waals surface area contributed by atoms with Gasteiger partial charge in [0.05, 0.1) is 23.1 Å². The molecule has 1 aromatic carbocycles. The Morgan fingerprint density at radius 2 is 1.39 bits per heavy atom. The number of aromatic carboxylic acids is 2. The van der Waals surface area contributed by atoms with Crippen molar-refractivity contribution >= 4 is 29.4 Å². The number of carbonyl (C=O) groups excluding carboxylic acids is 2. The Labute approximate surface area is 191 Å². The molecule has 8 nitrogen and oxygen atoms in total. The van der Waals surface area contributed by atoms with Crippen LogP contribution in [0, 0.1) is 46.8 Å². The number of anilines is 1. The van der Waals surface area contributed by atoms with Gasteiger partial charge in [-0.25, -0.2) is 9.59 Å². The molecule has 2 amide bonds. The van der Waals surface area contributed by atoms with Crippen molar-refractivity contribution in [1.29, 1.82) is 0 Å². The third-order valence-corrected chi connectivity index (χ3v) is 9.62. The van der Waals surface area contributed by atoms with E-state index in [0.717, 1.165) is 37.2 Å². The van der Waals surface area contributed by atoms with Crippen molar-refractivity contribution in [2.75, 3.05) is 11.9 Å². The minimum atomic E-state index is -1.28. The van der Waals surface area contributed by atoms with Gasteiger partial charge in [-0.1, -0.05) is 0 Å². The highest BCUT2D eigenvalue weighted by Gasteiger charge is 2.72. The maximum Gasteiger partial charge on any atom is 0.335 e. The molecular weight excluding hydrogens is 424 g/mol. The molecule has 0 heterocycles. The normalized spacial score (nSPS) is 38.8. The van der Waals surface area contributed by atoms with Gasteiger partial charge in [0.25, 0.3) is 0 Å². The fraction of sp³-hybridized carbons (Fsp3) is 0.600. The maximum atomic E-state index is 13.6. The van der Waals surface area contributed by atoms with Gasteiger partial charge in [0.1, 0.15) is 0 Å². The van der Waals surface area contributed by atoms with Crippen molar-refractivity contribution in [1.82, 2.24) is 5.32 Å². The summed E-state index contributed by atoms with van der Waals surface area (Å²) in [5.41, 5.74) is -0.703. The molecule has 0 aromatic heterocycles. The Kier molecular flexibility index (Phi) is 4.42. The molecule has 8 rings (SSSR count). The van der Waals surface area contributed by atoms with Crippen LogP contribution in [0.2, 0.25) is 0 Å². The highest BCUT2D eigenvalue weighted by molar-refractivity contribution is 6.00. The van der Waals surface area contributed by atoms with Gasteiger partial charge in [-0.3, -0.25) is 9.59 Å². The largest absolute Gasteiger partial charge is 0.478 e. The minimum absolute atomic E-state index is 0.0105.